The van der Waals surface area contributed by atoms with Gasteiger partial charge in [0.25, 0.3) is 0 Å². The summed E-state index contributed by atoms with van der Waals surface area (Å²) in [6.45, 7) is 0.613. The standard InChI is InChI=1S/C15H12BrClN2/c16-12-7-8-15(14(17)11-12)19(10-4-9-18)13-5-2-1-3-6-13/h1-3,5-8,11H,4,10H2. The highest BCUT2D eigenvalue weighted by Crippen LogP contribution is 2.33. The van der Waals surface area contributed by atoms with Crippen LogP contribution in [-0.4, -0.2) is 6.54 Å². The van der Waals surface area contributed by atoms with Gasteiger partial charge in [0.05, 0.1) is 23.2 Å². The Kier molecular flexibility index (Phi) is 4.84. The minimum atomic E-state index is 0.446. The van der Waals surface area contributed by atoms with Crippen LogP contribution in [0, 0.1) is 11.3 Å². The maximum absolute atomic E-state index is 8.81. The molecule has 2 nitrogen and oxygen atoms in total. The summed E-state index contributed by atoms with van der Waals surface area (Å²) >= 11 is 9.70. The van der Waals surface area contributed by atoms with Gasteiger partial charge in [-0.3, -0.25) is 0 Å². The summed E-state index contributed by atoms with van der Waals surface area (Å²) in [5.74, 6) is 0. The monoisotopic (exact) mass is 334 g/mol. The average Bonchev–Trinajstić information content (AvgIpc) is 2.42. The third-order valence-corrected chi connectivity index (χ3v) is 3.51. The molecule has 0 N–H and O–H groups in total. The molecule has 0 unspecified atom stereocenters. The van der Waals surface area contributed by atoms with Gasteiger partial charge in [-0.1, -0.05) is 45.7 Å². The zero-order valence-corrected chi connectivity index (χ0v) is 12.5. The van der Waals surface area contributed by atoms with Gasteiger partial charge in [0.1, 0.15) is 0 Å². The largest absolute Gasteiger partial charge is 0.339 e. The van der Waals surface area contributed by atoms with Gasteiger partial charge in [-0.2, -0.15) is 5.26 Å². The number of benzene rings is 2. The topological polar surface area (TPSA) is 27.0 Å². The second kappa shape index (κ2) is 6.60. The lowest BCUT2D eigenvalue weighted by Crippen LogP contribution is -2.18. The van der Waals surface area contributed by atoms with E-state index in [1.54, 1.807) is 0 Å². The summed E-state index contributed by atoms with van der Waals surface area (Å²) in [5.41, 5.74) is 1.94. The first-order chi connectivity index (χ1) is 9.22. The summed E-state index contributed by atoms with van der Waals surface area (Å²) in [7, 11) is 0. The molecule has 0 saturated heterocycles. The lowest BCUT2D eigenvalue weighted by atomic mass is 10.2. The first-order valence-corrected chi connectivity index (χ1v) is 7.04. The van der Waals surface area contributed by atoms with Crippen LogP contribution in [0.25, 0.3) is 0 Å². The van der Waals surface area contributed by atoms with Gasteiger partial charge in [-0.15, -0.1) is 0 Å². The molecule has 0 atom stereocenters. The van der Waals surface area contributed by atoms with E-state index < -0.39 is 0 Å². The highest BCUT2D eigenvalue weighted by molar-refractivity contribution is 9.10. The van der Waals surface area contributed by atoms with Crippen molar-refractivity contribution in [2.45, 2.75) is 6.42 Å². The van der Waals surface area contributed by atoms with Crippen molar-refractivity contribution in [3.05, 3.63) is 58.0 Å². The molecule has 0 aliphatic carbocycles. The quantitative estimate of drug-likeness (QED) is 0.772. The molecule has 0 radical (unpaired) electrons. The summed E-state index contributed by atoms with van der Waals surface area (Å²) in [6.07, 6.45) is 0.446. The zero-order chi connectivity index (χ0) is 13.7. The molecule has 4 heteroatoms. The van der Waals surface area contributed by atoms with Crippen LogP contribution in [0.4, 0.5) is 11.4 Å². The Morgan fingerprint density at radius 2 is 1.89 bits per heavy atom. The van der Waals surface area contributed by atoms with E-state index in [4.69, 9.17) is 16.9 Å². The van der Waals surface area contributed by atoms with Crippen molar-refractivity contribution in [3.8, 4) is 6.07 Å². The van der Waals surface area contributed by atoms with Gasteiger partial charge in [-0.25, -0.2) is 0 Å². The molecule has 0 aliphatic heterocycles. The summed E-state index contributed by atoms with van der Waals surface area (Å²) < 4.78 is 0.939. The Labute approximate surface area is 126 Å². The molecule has 0 aromatic heterocycles. The molecule has 0 heterocycles. The molecular formula is C15H12BrClN2. The molecule has 0 saturated carbocycles. The number of hydrogen-bond acceptors (Lipinski definition) is 2. The SMILES string of the molecule is N#CCCN(c1ccccc1)c1ccc(Br)cc1Cl. The van der Waals surface area contributed by atoms with Gasteiger partial charge in [0.2, 0.25) is 0 Å². The first kappa shape index (κ1) is 13.9. The van der Waals surface area contributed by atoms with Crippen LogP contribution in [0.15, 0.2) is 53.0 Å². The van der Waals surface area contributed by atoms with Crippen molar-refractivity contribution in [1.29, 1.82) is 5.26 Å². The van der Waals surface area contributed by atoms with E-state index in [1.807, 2.05) is 48.5 Å². The third-order valence-electron chi connectivity index (χ3n) is 2.72. The molecule has 96 valence electrons. The number of hydrogen-bond donors (Lipinski definition) is 0. The van der Waals surface area contributed by atoms with E-state index in [2.05, 4.69) is 26.9 Å². The van der Waals surface area contributed by atoms with E-state index in [0.717, 1.165) is 15.8 Å². The lowest BCUT2D eigenvalue weighted by molar-refractivity contribution is 0.948. The van der Waals surface area contributed by atoms with E-state index >= 15 is 0 Å². The van der Waals surface area contributed by atoms with Gasteiger partial charge >= 0.3 is 0 Å². The molecule has 0 aliphatic rings. The maximum atomic E-state index is 8.81. The molecule has 0 bridgehead atoms. The van der Waals surface area contributed by atoms with Gasteiger partial charge in [0, 0.05) is 16.7 Å². The van der Waals surface area contributed by atoms with E-state index in [-0.39, 0.29) is 0 Å². The van der Waals surface area contributed by atoms with Crippen molar-refractivity contribution in [3.63, 3.8) is 0 Å². The Morgan fingerprint density at radius 1 is 1.16 bits per heavy atom. The number of para-hydroxylation sites is 1. The fourth-order valence-corrected chi connectivity index (χ4v) is 2.63. The van der Waals surface area contributed by atoms with Crippen LogP contribution in [0.2, 0.25) is 5.02 Å². The van der Waals surface area contributed by atoms with Crippen LogP contribution in [0.3, 0.4) is 0 Å². The minimum Gasteiger partial charge on any atom is -0.339 e. The van der Waals surface area contributed by atoms with Crippen LogP contribution >= 0.6 is 27.5 Å². The van der Waals surface area contributed by atoms with Crippen molar-refractivity contribution < 1.29 is 0 Å². The zero-order valence-electron chi connectivity index (χ0n) is 10.2. The number of rotatable bonds is 4. The smallest absolute Gasteiger partial charge is 0.0654 e. The van der Waals surface area contributed by atoms with E-state index in [9.17, 15) is 0 Å². The minimum absolute atomic E-state index is 0.446. The number of nitrogens with zero attached hydrogens (tertiary/aromatic N) is 2. The second-order valence-electron chi connectivity index (χ2n) is 3.99. The first-order valence-electron chi connectivity index (χ1n) is 5.87. The normalized spacial score (nSPS) is 9.95. The van der Waals surface area contributed by atoms with Crippen molar-refractivity contribution in [1.82, 2.24) is 0 Å². The predicted molar refractivity (Wildman–Crippen MR) is 82.8 cm³/mol. The Balaban J connectivity index is 2.40. The summed E-state index contributed by atoms with van der Waals surface area (Å²) in [6, 6.07) is 17.9. The predicted octanol–water partition coefficient (Wildman–Crippen LogP) is 5.15. The van der Waals surface area contributed by atoms with E-state index in [1.165, 1.54) is 0 Å². The number of nitriles is 1. The fourth-order valence-electron chi connectivity index (χ4n) is 1.86. The van der Waals surface area contributed by atoms with Gasteiger partial charge in [-0.05, 0) is 30.3 Å². The molecule has 19 heavy (non-hydrogen) atoms. The highest BCUT2D eigenvalue weighted by atomic mass is 79.9. The molecule has 2 aromatic rings. The molecule has 2 aromatic carbocycles. The third kappa shape index (κ3) is 3.50. The van der Waals surface area contributed by atoms with Gasteiger partial charge < -0.3 is 4.90 Å². The average molecular weight is 336 g/mol. The summed E-state index contributed by atoms with van der Waals surface area (Å²) in [4.78, 5) is 2.05. The Bertz CT molecular complexity index is 593. The molecular weight excluding hydrogens is 324 g/mol. The molecule has 2 rings (SSSR count). The molecule has 0 spiro atoms. The number of anilines is 2. The van der Waals surface area contributed by atoms with Crippen molar-refractivity contribution in [2.75, 3.05) is 11.4 Å². The lowest BCUT2D eigenvalue weighted by Gasteiger charge is -2.25. The summed E-state index contributed by atoms with van der Waals surface area (Å²) in [5, 5.41) is 9.47. The highest BCUT2D eigenvalue weighted by Gasteiger charge is 2.12. The maximum Gasteiger partial charge on any atom is 0.0654 e. The van der Waals surface area contributed by atoms with Crippen LogP contribution < -0.4 is 4.90 Å². The van der Waals surface area contributed by atoms with Crippen LogP contribution in [0.1, 0.15) is 6.42 Å². The molecule has 0 amide bonds. The Hall–Kier alpha value is -1.50. The second-order valence-corrected chi connectivity index (χ2v) is 5.31. The van der Waals surface area contributed by atoms with Crippen LogP contribution in [0.5, 0.6) is 0 Å². The van der Waals surface area contributed by atoms with Crippen molar-refractivity contribution >= 4 is 38.9 Å². The Morgan fingerprint density at radius 3 is 2.53 bits per heavy atom. The van der Waals surface area contributed by atoms with Crippen LogP contribution in [-0.2, 0) is 0 Å². The van der Waals surface area contributed by atoms with Gasteiger partial charge in [0.15, 0.2) is 0 Å². The molecule has 0 fully saturated rings. The van der Waals surface area contributed by atoms with Crippen molar-refractivity contribution in [2.24, 2.45) is 0 Å². The fraction of sp³-hybridized carbons (Fsp3) is 0.133. The van der Waals surface area contributed by atoms with E-state index in [0.29, 0.717) is 18.0 Å². The number of halogens is 2.